The molecule has 4 saturated carbocycles. The molecule has 0 heterocycles. The van der Waals surface area contributed by atoms with Crippen LogP contribution >= 0.6 is 0 Å². The highest BCUT2D eigenvalue weighted by Gasteiger charge is 2.59. The highest BCUT2D eigenvalue weighted by atomic mass is 16.3. The van der Waals surface area contributed by atoms with Crippen molar-refractivity contribution >= 4 is 0 Å². The van der Waals surface area contributed by atoms with Gasteiger partial charge < -0.3 is 5.11 Å². The van der Waals surface area contributed by atoms with E-state index in [-0.39, 0.29) is 6.10 Å². The van der Waals surface area contributed by atoms with Crippen molar-refractivity contribution in [2.24, 2.45) is 46.3 Å². The molecule has 7 unspecified atom stereocenters. The fraction of sp³-hybridized carbons (Fsp3) is 0.939. The number of allylic oxidation sites excluding steroid dienone is 1. The molecule has 4 rings (SSSR count). The third-order valence-corrected chi connectivity index (χ3v) is 10.4. The van der Waals surface area contributed by atoms with Gasteiger partial charge in [-0.2, -0.15) is 0 Å². The molecular formula is C33H66O. The summed E-state index contributed by atoms with van der Waals surface area (Å²) in [4.78, 5) is 0. The van der Waals surface area contributed by atoms with Gasteiger partial charge in [0.1, 0.15) is 0 Å². The Hall–Kier alpha value is -0.300. The molecule has 0 aromatic heterocycles. The van der Waals surface area contributed by atoms with E-state index in [0.717, 1.165) is 42.4 Å². The van der Waals surface area contributed by atoms with Crippen LogP contribution in [0.15, 0.2) is 12.7 Å². The van der Waals surface area contributed by atoms with Gasteiger partial charge in [-0.05, 0) is 104 Å². The van der Waals surface area contributed by atoms with Crippen molar-refractivity contribution < 1.29 is 5.11 Å². The van der Waals surface area contributed by atoms with E-state index in [2.05, 4.69) is 41.2 Å². The topological polar surface area (TPSA) is 20.2 Å². The van der Waals surface area contributed by atoms with Crippen molar-refractivity contribution in [2.45, 2.75) is 153 Å². The largest absolute Gasteiger partial charge is 0.393 e. The summed E-state index contributed by atoms with van der Waals surface area (Å²) >= 11 is 0. The molecular weight excluding hydrogens is 412 g/mol. The van der Waals surface area contributed by atoms with Crippen LogP contribution in [-0.4, -0.2) is 11.2 Å². The van der Waals surface area contributed by atoms with Crippen LogP contribution in [0, 0.1) is 46.3 Å². The number of fused-ring (bicyclic) bond motifs is 5. The van der Waals surface area contributed by atoms with Crippen molar-refractivity contribution in [2.75, 3.05) is 0 Å². The Bertz CT molecular complexity index is 527. The minimum atomic E-state index is -0.000524. The van der Waals surface area contributed by atoms with Crippen molar-refractivity contribution in [3.05, 3.63) is 12.7 Å². The molecule has 0 radical (unpaired) electrons. The lowest BCUT2D eigenvalue weighted by atomic mass is 9.44. The fourth-order valence-corrected chi connectivity index (χ4v) is 8.18. The van der Waals surface area contributed by atoms with Crippen molar-refractivity contribution in [3.63, 3.8) is 0 Å². The fourth-order valence-electron chi connectivity index (χ4n) is 8.18. The van der Waals surface area contributed by atoms with Gasteiger partial charge in [-0.1, -0.05) is 95.1 Å². The molecule has 4 fully saturated rings. The second-order valence-electron chi connectivity index (χ2n) is 11.4. The quantitative estimate of drug-likeness (QED) is 0.400. The molecule has 1 heteroatoms. The van der Waals surface area contributed by atoms with Crippen LogP contribution in [0.3, 0.4) is 0 Å². The van der Waals surface area contributed by atoms with Gasteiger partial charge in [-0.15, -0.1) is 6.58 Å². The maximum atomic E-state index is 10.1. The molecule has 0 spiro atoms. The third-order valence-electron chi connectivity index (χ3n) is 10.4. The summed E-state index contributed by atoms with van der Waals surface area (Å²) in [6.07, 6.45) is 16.9. The van der Waals surface area contributed by atoms with Gasteiger partial charge in [-0.25, -0.2) is 0 Å². The zero-order valence-corrected chi connectivity index (χ0v) is 25.6. The van der Waals surface area contributed by atoms with Gasteiger partial charge in [0, 0.05) is 0 Å². The van der Waals surface area contributed by atoms with Gasteiger partial charge in [0.15, 0.2) is 0 Å². The average Bonchev–Trinajstić information content (AvgIpc) is 3.24. The van der Waals surface area contributed by atoms with Crippen LogP contribution in [0.4, 0.5) is 0 Å². The number of hydrogen-bond donors (Lipinski definition) is 1. The standard InChI is InChI=1S/C21H36O.C6H12.3C2H6/c1-4-14-6-8-18-17-7-5-15-13-16(22)9-11-21(15,3)19(17)10-12-20(14,18)2;1-4-6(3)5-2;3*1-2/h14-19,22H,4-13H2,1-3H3;4,6H,1,5H2,2-3H3;3*1-2H3/t14-,15?,16+,17?,18?,19?,20?,21?;;;;/m0..../s1. The van der Waals surface area contributed by atoms with Crippen molar-refractivity contribution in [3.8, 4) is 0 Å². The van der Waals surface area contributed by atoms with Crippen LogP contribution in [0.2, 0.25) is 0 Å². The second kappa shape index (κ2) is 16.4. The van der Waals surface area contributed by atoms with Crippen LogP contribution < -0.4 is 0 Å². The first-order valence-corrected chi connectivity index (χ1v) is 15.6. The summed E-state index contributed by atoms with van der Waals surface area (Å²) in [6.45, 7) is 27.6. The molecule has 4 aliphatic carbocycles. The lowest BCUT2D eigenvalue weighted by molar-refractivity contribution is -0.126. The van der Waals surface area contributed by atoms with Gasteiger partial charge in [0.05, 0.1) is 6.10 Å². The Labute approximate surface area is 217 Å². The summed E-state index contributed by atoms with van der Waals surface area (Å²) in [5.74, 6) is 5.49. The zero-order valence-electron chi connectivity index (χ0n) is 25.6. The first-order valence-electron chi connectivity index (χ1n) is 15.6. The number of aliphatic hydroxyl groups is 1. The molecule has 1 nitrogen and oxygen atoms in total. The molecule has 1 N–H and O–H groups in total. The molecule has 0 aliphatic heterocycles. The van der Waals surface area contributed by atoms with Crippen molar-refractivity contribution in [1.82, 2.24) is 0 Å². The number of aliphatic hydroxyl groups excluding tert-OH is 1. The smallest absolute Gasteiger partial charge is 0.0543 e. The number of hydrogen-bond acceptors (Lipinski definition) is 1. The number of rotatable bonds is 3. The van der Waals surface area contributed by atoms with E-state index in [1.807, 2.05) is 47.6 Å². The maximum Gasteiger partial charge on any atom is 0.0543 e. The van der Waals surface area contributed by atoms with Crippen molar-refractivity contribution in [1.29, 1.82) is 0 Å². The van der Waals surface area contributed by atoms with Crippen LogP contribution in [0.5, 0.6) is 0 Å². The highest BCUT2D eigenvalue weighted by Crippen LogP contribution is 2.67. The molecule has 0 amide bonds. The predicted octanol–water partition coefficient (Wildman–Crippen LogP) is 10.7. The molecule has 4 aliphatic rings. The monoisotopic (exact) mass is 479 g/mol. The molecule has 34 heavy (non-hydrogen) atoms. The predicted molar refractivity (Wildman–Crippen MR) is 155 cm³/mol. The molecule has 0 aromatic carbocycles. The Balaban J connectivity index is 0.000000777. The van der Waals surface area contributed by atoms with Crippen LogP contribution in [-0.2, 0) is 0 Å². The Morgan fingerprint density at radius 2 is 1.38 bits per heavy atom. The molecule has 0 bridgehead atoms. The maximum absolute atomic E-state index is 10.1. The van der Waals surface area contributed by atoms with E-state index in [9.17, 15) is 5.11 Å². The minimum absolute atomic E-state index is 0.000524. The summed E-state index contributed by atoms with van der Waals surface area (Å²) in [7, 11) is 0. The Morgan fingerprint density at radius 1 is 0.824 bits per heavy atom. The Kier molecular flexibility index (Phi) is 16.3. The van der Waals surface area contributed by atoms with Gasteiger partial charge in [0.25, 0.3) is 0 Å². The van der Waals surface area contributed by atoms with Gasteiger partial charge in [0.2, 0.25) is 0 Å². The first-order chi connectivity index (χ1) is 16.3. The highest BCUT2D eigenvalue weighted by molar-refractivity contribution is 5.09. The summed E-state index contributed by atoms with van der Waals surface area (Å²) in [6, 6.07) is 0. The molecule has 9 atom stereocenters. The summed E-state index contributed by atoms with van der Waals surface area (Å²) < 4.78 is 0. The lowest BCUT2D eigenvalue weighted by Crippen LogP contribution is -2.53. The van der Waals surface area contributed by atoms with Crippen LogP contribution in [0.25, 0.3) is 0 Å². The van der Waals surface area contributed by atoms with E-state index >= 15 is 0 Å². The normalized spacial score (nSPS) is 40.4. The SMILES string of the molecule is C=CC(C)CC.CC.CC.CC.CC[C@H]1CCC2C3CCC4C[C@H](O)CCC4(C)C3CCC21C. The minimum Gasteiger partial charge on any atom is -0.393 e. The van der Waals surface area contributed by atoms with E-state index in [1.54, 1.807) is 0 Å². The average molecular weight is 479 g/mol. The Morgan fingerprint density at radius 3 is 1.88 bits per heavy atom. The first kappa shape index (κ1) is 33.7. The molecule has 0 saturated heterocycles. The lowest BCUT2D eigenvalue weighted by Gasteiger charge is -2.61. The van der Waals surface area contributed by atoms with Gasteiger partial charge in [-0.3, -0.25) is 0 Å². The molecule has 0 aromatic rings. The van der Waals surface area contributed by atoms with E-state index < -0.39 is 0 Å². The zero-order chi connectivity index (χ0) is 26.5. The molecule has 204 valence electrons. The second-order valence-corrected chi connectivity index (χ2v) is 11.4. The van der Waals surface area contributed by atoms with E-state index in [0.29, 0.717) is 16.7 Å². The third kappa shape index (κ3) is 7.36. The summed E-state index contributed by atoms with van der Waals surface area (Å²) in [5.41, 5.74) is 1.21. The van der Waals surface area contributed by atoms with E-state index in [4.69, 9.17) is 0 Å². The van der Waals surface area contributed by atoms with Crippen LogP contribution in [0.1, 0.15) is 147 Å². The van der Waals surface area contributed by atoms with E-state index in [1.165, 1.54) is 57.8 Å². The van der Waals surface area contributed by atoms with Gasteiger partial charge >= 0.3 is 0 Å². The summed E-state index contributed by atoms with van der Waals surface area (Å²) in [5, 5.41) is 10.1.